The van der Waals surface area contributed by atoms with Gasteiger partial charge in [0.25, 0.3) is 0 Å². The van der Waals surface area contributed by atoms with Gasteiger partial charge in [0, 0.05) is 19.3 Å². The van der Waals surface area contributed by atoms with E-state index in [0.717, 1.165) is 5.57 Å². The SMILES string of the molecule is C=C1C(O)CC(C(C)C(CC=C(C)C)OC(C)=O)C(O)C2C(=C)C(O)CC12. The summed E-state index contributed by atoms with van der Waals surface area (Å²) in [5.74, 6) is -1.35. The first-order chi connectivity index (χ1) is 12.5. The van der Waals surface area contributed by atoms with Gasteiger partial charge in [-0.15, -0.1) is 0 Å². The topological polar surface area (TPSA) is 87.0 Å². The molecule has 8 unspecified atom stereocenters. The number of allylic oxidation sites excluding steroid dienone is 1. The Morgan fingerprint density at radius 3 is 2.30 bits per heavy atom. The molecule has 0 heterocycles. The lowest BCUT2D eigenvalue weighted by molar-refractivity contribution is -0.151. The van der Waals surface area contributed by atoms with Crippen LogP contribution in [0, 0.1) is 23.7 Å². The summed E-state index contributed by atoms with van der Waals surface area (Å²) in [6.07, 6.45) is 0.725. The Hall–Kier alpha value is -1.43. The second-order valence-corrected chi connectivity index (χ2v) is 8.46. The molecule has 2 fully saturated rings. The minimum Gasteiger partial charge on any atom is -0.462 e. The summed E-state index contributed by atoms with van der Waals surface area (Å²) >= 11 is 0. The maximum atomic E-state index is 11.6. The molecule has 0 radical (unpaired) electrons. The number of carbonyl (C=O) groups excluding carboxylic acids is 1. The van der Waals surface area contributed by atoms with Gasteiger partial charge in [-0.05, 0) is 55.6 Å². The molecule has 5 heteroatoms. The molecule has 2 rings (SSSR count). The number of rotatable bonds is 5. The fraction of sp³-hybridized carbons (Fsp3) is 0.682. The number of esters is 1. The number of aliphatic hydroxyl groups excluding tert-OH is 3. The molecule has 27 heavy (non-hydrogen) atoms. The van der Waals surface area contributed by atoms with E-state index in [-0.39, 0.29) is 29.6 Å². The van der Waals surface area contributed by atoms with Gasteiger partial charge in [-0.2, -0.15) is 0 Å². The Balaban J connectivity index is 2.32. The molecule has 0 aromatic heterocycles. The summed E-state index contributed by atoms with van der Waals surface area (Å²) in [4.78, 5) is 11.6. The average Bonchev–Trinajstić information content (AvgIpc) is 2.84. The molecule has 0 bridgehead atoms. The standard InChI is InChI=1S/C22H34O5/c1-11(2)7-8-20(27-15(6)23)13(4)17-10-18(24)12(3)16-9-19(25)14(5)21(16)22(17)26/h7,13,16-22,24-26H,3,5,8-10H2,1-2,4,6H3. The minimum absolute atomic E-state index is 0.175. The molecule has 0 aromatic carbocycles. The molecule has 0 saturated heterocycles. The molecule has 2 aliphatic rings. The summed E-state index contributed by atoms with van der Waals surface area (Å²) in [5, 5.41) is 32.1. The van der Waals surface area contributed by atoms with E-state index in [4.69, 9.17) is 4.74 Å². The molecule has 0 aliphatic heterocycles. The number of hydrogen-bond donors (Lipinski definition) is 3. The van der Waals surface area contributed by atoms with Gasteiger partial charge in [0.2, 0.25) is 0 Å². The van der Waals surface area contributed by atoms with Crippen molar-refractivity contribution in [2.45, 2.75) is 71.4 Å². The molecular weight excluding hydrogens is 344 g/mol. The van der Waals surface area contributed by atoms with Gasteiger partial charge >= 0.3 is 5.97 Å². The maximum Gasteiger partial charge on any atom is 0.302 e. The third-order valence-corrected chi connectivity index (χ3v) is 6.31. The van der Waals surface area contributed by atoms with Gasteiger partial charge in [0.15, 0.2) is 0 Å². The van der Waals surface area contributed by atoms with Crippen molar-refractivity contribution in [1.29, 1.82) is 0 Å². The van der Waals surface area contributed by atoms with Crippen LogP contribution >= 0.6 is 0 Å². The molecule has 0 amide bonds. The zero-order valence-corrected chi connectivity index (χ0v) is 16.9. The van der Waals surface area contributed by atoms with Crippen LogP contribution in [-0.4, -0.2) is 45.7 Å². The fourth-order valence-electron chi connectivity index (χ4n) is 4.66. The third kappa shape index (κ3) is 4.71. The van der Waals surface area contributed by atoms with E-state index < -0.39 is 24.4 Å². The lowest BCUT2D eigenvalue weighted by atomic mass is 9.76. The Bertz CT molecular complexity index is 618. The first kappa shape index (κ1) is 21.9. The summed E-state index contributed by atoms with van der Waals surface area (Å²) in [6.45, 7) is 15.3. The van der Waals surface area contributed by atoms with Crippen molar-refractivity contribution in [3.8, 4) is 0 Å². The van der Waals surface area contributed by atoms with E-state index >= 15 is 0 Å². The van der Waals surface area contributed by atoms with Gasteiger partial charge < -0.3 is 20.1 Å². The molecule has 5 nitrogen and oxygen atoms in total. The van der Waals surface area contributed by atoms with Gasteiger partial charge in [0.1, 0.15) is 6.10 Å². The lowest BCUT2D eigenvalue weighted by Gasteiger charge is -2.35. The van der Waals surface area contributed by atoms with Crippen LogP contribution in [0.4, 0.5) is 0 Å². The highest BCUT2D eigenvalue weighted by atomic mass is 16.5. The lowest BCUT2D eigenvalue weighted by Crippen LogP contribution is -2.40. The van der Waals surface area contributed by atoms with E-state index in [1.807, 2.05) is 26.8 Å². The number of fused-ring (bicyclic) bond motifs is 1. The highest BCUT2D eigenvalue weighted by molar-refractivity contribution is 5.66. The summed E-state index contributed by atoms with van der Waals surface area (Å²) < 4.78 is 5.56. The fourth-order valence-corrected chi connectivity index (χ4v) is 4.66. The van der Waals surface area contributed by atoms with Gasteiger partial charge in [-0.3, -0.25) is 4.79 Å². The molecular formula is C22H34O5. The maximum absolute atomic E-state index is 11.6. The van der Waals surface area contributed by atoms with E-state index in [9.17, 15) is 20.1 Å². The monoisotopic (exact) mass is 378 g/mol. The van der Waals surface area contributed by atoms with E-state index in [0.29, 0.717) is 30.4 Å². The van der Waals surface area contributed by atoms with E-state index in [2.05, 4.69) is 13.2 Å². The number of hydrogen-bond acceptors (Lipinski definition) is 5. The minimum atomic E-state index is -0.784. The third-order valence-electron chi connectivity index (χ3n) is 6.31. The Morgan fingerprint density at radius 1 is 1.15 bits per heavy atom. The zero-order valence-electron chi connectivity index (χ0n) is 16.9. The molecule has 3 N–H and O–H groups in total. The van der Waals surface area contributed by atoms with Gasteiger partial charge in [0.05, 0.1) is 18.3 Å². The van der Waals surface area contributed by atoms with Crippen LogP contribution < -0.4 is 0 Å². The van der Waals surface area contributed by atoms with Gasteiger partial charge in [-0.25, -0.2) is 0 Å². The number of carbonyl (C=O) groups is 1. The highest BCUT2D eigenvalue weighted by Gasteiger charge is 2.50. The first-order valence-corrected chi connectivity index (χ1v) is 9.76. The number of aliphatic hydroxyl groups is 3. The van der Waals surface area contributed by atoms with Crippen LogP contribution in [0.1, 0.15) is 47.0 Å². The quantitative estimate of drug-likeness (QED) is 0.506. The molecule has 0 aromatic rings. The highest BCUT2D eigenvalue weighted by Crippen LogP contribution is 2.49. The summed E-state index contributed by atoms with van der Waals surface area (Å²) in [5.41, 5.74) is 2.38. The van der Waals surface area contributed by atoms with Crippen molar-refractivity contribution >= 4 is 5.97 Å². The van der Waals surface area contributed by atoms with Crippen molar-refractivity contribution in [2.75, 3.05) is 0 Å². The first-order valence-electron chi connectivity index (χ1n) is 9.76. The second kappa shape index (κ2) is 8.72. The van der Waals surface area contributed by atoms with E-state index in [1.54, 1.807) is 0 Å². The average molecular weight is 379 g/mol. The zero-order chi connectivity index (χ0) is 20.5. The molecule has 8 atom stereocenters. The van der Waals surface area contributed by atoms with Crippen LogP contribution in [0.3, 0.4) is 0 Å². The van der Waals surface area contributed by atoms with Crippen molar-refractivity contribution < 1.29 is 24.9 Å². The second-order valence-electron chi connectivity index (χ2n) is 8.46. The summed E-state index contributed by atoms with van der Waals surface area (Å²) in [7, 11) is 0. The van der Waals surface area contributed by atoms with Crippen LogP contribution in [0.2, 0.25) is 0 Å². The van der Waals surface area contributed by atoms with Crippen molar-refractivity contribution in [3.05, 3.63) is 36.0 Å². The molecule has 152 valence electrons. The van der Waals surface area contributed by atoms with Gasteiger partial charge in [-0.1, -0.05) is 31.7 Å². The largest absolute Gasteiger partial charge is 0.462 e. The van der Waals surface area contributed by atoms with Crippen molar-refractivity contribution in [3.63, 3.8) is 0 Å². The summed E-state index contributed by atoms with van der Waals surface area (Å²) in [6, 6.07) is 0. The predicted molar refractivity (Wildman–Crippen MR) is 105 cm³/mol. The Morgan fingerprint density at radius 2 is 1.74 bits per heavy atom. The Labute approximate surface area is 162 Å². The number of ether oxygens (including phenoxy) is 1. The molecule has 0 spiro atoms. The normalized spacial score (nSPS) is 35.8. The van der Waals surface area contributed by atoms with Crippen LogP contribution in [0.15, 0.2) is 36.0 Å². The van der Waals surface area contributed by atoms with Crippen LogP contribution in [-0.2, 0) is 9.53 Å². The predicted octanol–water partition coefficient (Wildman–Crippen LogP) is 2.76. The smallest absolute Gasteiger partial charge is 0.302 e. The van der Waals surface area contributed by atoms with Crippen LogP contribution in [0.5, 0.6) is 0 Å². The Kier molecular flexibility index (Phi) is 7.06. The van der Waals surface area contributed by atoms with Crippen molar-refractivity contribution in [1.82, 2.24) is 0 Å². The molecule has 2 saturated carbocycles. The molecule has 2 aliphatic carbocycles. The van der Waals surface area contributed by atoms with Crippen molar-refractivity contribution in [2.24, 2.45) is 23.7 Å². The van der Waals surface area contributed by atoms with Crippen LogP contribution in [0.25, 0.3) is 0 Å². The van der Waals surface area contributed by atoms with E-state index in [1.165, 1.54) is 6.92 Å².